The topological polar surface area (TPSA) is 50.9 Å². The Labute approximate surface area is 193 Å². The number of hydrogen-bond acceptors (Lipinski definition) is 4. The van der Waals surface area contributed by atoms with E-state index in [0.29, 0.717) is 6.04 Å². The molecule has 32 heavy (non-hydrogen) atoms. The first-order valence-electron chi connectivity index (χ1n) is 10.6. The van der Waals surface area contributed by atoms with Gasteiger partial charge in [0.05, 0.1) is 11.4 Å². The number of anilines is 1. The van der Waals surface area contributed by atoms with E-state index in [9.17, 15) is 4.39 Å². The monoisotopic (exact) mass is 448 g/mol. The number of fused-ring (bicyclic) bond motifs is 5. The predicted molar refractivity (Wildman–Crippen MR) is 129 cm³/mol. The van der Waals surface area contributed by atoms with Gasteiger partial charge in [0.25, 0.3) is 0 Å². The third kappa shape index (κ3) is 3.40. The summed E-state index contributed by atoms with van der Waals surface area (Å²) in [4.78, 5) is 6.99. The SMILES string of the molecule is CN[C@H]1CCN(c2ccc3c(c2)Cn2cc(-c4ccc(F)cc4)cc2-c2ncnn2-3)C1.S. The normalized spacial score (nSPS) is 16.7. The zero-order chi connectivity index (χ0) is 20.9. The van der Waals surface area contributed by atoms with Crippen molar-refractivity contribution in [3.05, 3.63) is 72.4 Å². The van der Waals surface area contributed by atoms with Gasteiger partial charge in [0.1, 0.15) is 12.1 Å². The van der Waals surface area contributed by atoms with Crippen LogP contribution >= 0.6 is 13.5 Å². The van der Waals surface area contributed by atoms with Crippen molar-refractivity contribution in [3.63, 3.8) is 0 Å². The minimum absolute atomic E-state index is 0. The highest BCUT2D eigenvalue weighted by Gasteiger charge is 2.25. The molecule has 0 bridgehead atoms. The van der Waals surface area contributed by atoms with Crippen molar-refractivity contribution < 1.29 is 4.39 Å². The van der Waals surface area contributed by atoms with E-state index in [2.05, 4.69) is 55.3 Å². The fourth-order valence-electron chi connectivity index (χ4n) is 4.74. The van der Waals surface area contributed by atoms with E-state index in [1.54, 1.807) is 6.33 Å². The molecule has 1 saturated heterocycles. The van der Waals surface area contributed by atoms with Crippen LogP contribution in [0.3, 0.4) is 0 Å². The Bertz CT molecular complexity index is 1260. The van der Waals surface area contributed by atoms with Crippen LogP contribution in [0.1, 0.15) is 12.0 Å². The van der Waals surface area contributed by atoms with Crippen molar-refractivity contribution in [2.24, 2.45) is 0 Å². The molecule has 0 aliphatic carbocycles. The number of nitrogens with one attached hydrogen (secondary N) is 1. The molecule has 4 heterocycles. The molecule has 0 radical (unpaired) electrons. The molecule has 6 nitrogen and oxygen atoms in total. The van der Waals surface area contributed by atoms with Crippen molar-refractivity contribution >= 4 is 19.2 Å². The van der Waals surface area contributed by atoms with Crippen LogP contribution in [0.4, 0.5) is 10.1 Å². The molecular formula is C24H25FN6S. The van der Waals surface area contributed by atoms with E-state index in [-0.39, 0.29) is 19.3 Å². The Morgan fingerprint density at radius 2 is 1.91 bits per heavy atom. The van der Waals surface area contributed by atoms with Crippen LogP contribution in [0.25, 0.3) is 28.3 Å². The van der Waals surface area contributed by atoms with Gasteiger partial charge in [-0.15, -0.1) is 0 Å². The highest BCUT2D eigenvalue weighted by molar-refractivity contribution is 7.59. The van der Waals surface area contributed by atoms with E-state index in [1.807, 2.05) is 23.9 Å². The van der Waals surface area contributed by atoms with Crippen molar-refractivity contribution in [1.29, 1.82) is 0 Å². The highest BCUT2D eigenvalue weighted by Crippen LogP contribution is 2.35. The lowest BCUT2D eigenvalue weighted by Gasteiger charge is -2.20. The van der Waals surface area contributed by atoms with Gasteiger partial charge < -0.3 is 14.8 Å². The Balaban J connectivity index is 0.00000216. The molecule has 1 atom stereocenters. The molecule has 1 N–H and O–H groups in total. The maximum absolute atomic E-state index is 13.4. The molecule has 1 fully saturated rings. The number of hydrogen-bond donors (Lipinski definition) is 1. The molecule has 164 valence electrons. The zero-order valence-electron chi connectivity index (χ0n) is 17.8. The minimum atomic E-state index is -0.229. The Kier molecular flexibility index (Phi) is 5.27. The molecular weight excluding hydrogens is 423 g/mol. The lowest BCUT2D eigenvalue weighted by atomic mass is 10.1. The molecule has 8 heteroatoms. The molecule has 2 aromatic carbocycles. The van der Waals surface area contributed by atoms with Crippen LogP contribution in [0.5, 0.6) is 0 Å². The molecule has 2 aliphatic rings. The molecule has 0 amide bonds. The van der Waals surface area contributed by atoms with Crippen molar-refractivity contribution in [3.8, 4) is 28.3 Å². The lowest BCUT2D eigenvalue weighted by molar-refractivity contribution is 0.617. The smallest absolute Gasteiger partial charge is 0.179 e. The zero-order valence-corrected chi connectivity index (χ0v) is 18.8. The summed E-state index contributed by atoms with van der Waals surface area (Å²) in [6.45, 7) is 2.81. The maximum atomic E-state index is 13.4. The number of rotatable bonds is 3. The molecule has 6 rings (SSSR count). The second-order valence-electron chi connectivity index (χ2n) is 8.28. The first-order chi connectivity index (χ1) is 15.2. The van der Waals surface area contributed by atoms with Crippen molar-refractivity contribution in [2.75, 3.05) is 25.0 Å². The van der Waals surface area contributed by atoms with Gasteiger partial charge >= 0.3 is 0 Å². The highest BCUT2D eigenvalue weighted by atomic mass is 32.1. The van der Waals surface area contributed by atoms with Crippen molar-refractivity contribution in [2.45, 2.75) is 19.0 Å². The van der Waals surface area contributed by atoms with Crippen LogP contribution in [0, 0.1) is 5.82 Å². The summed E-state index contributed by atoms with van der Waals surface area (Å²) in [5.41, 5.74) is 6.54. The van der Waals surface area contributed by atoms with Gasteiger partial charge in [0.2, 0.25) is 0 Å². The number of likely N-dealkylation sites (N-methyl/N-ethyl adjacent to an activating group) is 1. The lowest BCUT2D eigenvalue weighted by Crippen LogP contribution is -2.29. The summed E-state index contributed by atoms with van der Waals surface area (Å²) in [5, 5.41) is 7.91. The van der Waals surface area contributed by atoms with E-state index in [1.165, 1.54) is 23.4 Å². The van der Waals surface area contributed by atoms with Crippen LogP contribution in [-0.2, 0) is 6.54 Å². The molecule has 4 aromatic rings. The summed E-state index contributed by atoms with van der Waals surface area (Å²) in [5.74, 6) is 0.587. The maximum Gasteiger partial charge on any atom is 0.179 e. The Morgan fingerprint density at radius 1 is 1.06 bits per heavy atom. The van der Waals surface area contributed by atoms with Gasteiger partial charge in [-0.1, -0.05) is 12.1 Å². The van der Waals surface area contributed by atoms with Gasteiger partial charge in [0, 0.05) is 43.1 Å². The summed E-state index contributed by atoms with van der Waals surface area (Å²) < 4.78 is 17.5. The number of aromatic nitrogens is 4. The van der Waals surface area contributed by atoms with Gasteiger partial charge in [0.15, 0.2) is 5.82 Å². The molecule has 2 aliphatic heterocycles. The summed E-state index contributed by atoms with van der Waals surface area (Å²) in [7, 11) is 2.03. The van der Waals surface area contributed by atoms with Crippen LogP contribution in [0.15, 0.2) is 61.1 Å². The third-order valence-electron chi connectivity index (χ3n) is 6.44. The largest absolute Gasteiger partial charge is 0.370 e. The predicted octanol–water partition coefficient (Wildman–Crippen LogP) is 3.81. The fourth-order valence-corrected chi connectivity index (χ4v) is 4.74. The van der Waals surface area contributed by atoms with Crippen LogP contribution in [-0.4, -0.2) is 45.5 Å². The summed E-state index contributed by atoms with van der Waals surface area (Å²) in [6.07, 6.45) is 4.88. The molecule has 0 spiro atoms. The van der Waals surface area contributed by atoms with Crippen LogP contribution < -0.4 is 10.2 Å². The molecule has 0 unspecified atom stereocenters. The van der Waals surface area contributed by atoms with Gasteiger partial charge in [-0.2, -0.15) is 18.6 Å². The van der Waals surface area contributed by atoms with Crippen molar-refractivity contribution in [1.82, 2.24) is 24.6 Å². The molecule has 0 saturated carbocycles. The van der Waals surface area contributed by atoms with E-state index < -0.39 is 0 Å². The van der Waals surface area contributed by atoms with Gasteiger partial charge in [-0.25, -0.2) is 14.1 Å². The quantitative estimate of drug-likeness (QED) is 0.456. The third-order valence-corrected chi connectivity index (χ3v) is 6.44. The van der Waals surface area contributed by atoms with E-state index >= 15 is 0 Å². The van der Waals surface area contributed by atoms with Gasteiger partial charge in [-0.3, -0.25) is 0 Å². The summed E-state index contributed by atoms with van der Waals surface area (Å²) in [6, 6.07) is 15.9. The number of nitrogens with zero attached hydrogens (tertiary/aromatic N) is 5. The first kappa shape index (κ1) is 20.8. The minimum Gasteiger partial charge on any atom is -0.370 e. The Hall–Kier alpha value is -3.10. The average Bonchev–Trinajstić information content (AvgIpc) is 3.52. The fraction of sp³-hybridized carbons (Fsp3) is 0.250. The van der Waals surface area contributed by atoms with Crippen LogP contribution in [0.2, 0.25) is 0 Å². The standard InChI is InChI=1S/C24H23FN6.H2S/c1-26-20-8-9-29(14-20)21-6-7-22-18(10-21)13-30-12-17(16-2-4-19(25)5-3-16)11-23(30)24-27-15-28-31(22)24;/h2-7,10-12,15,20,26H,8-9,13-14H2,1H3;1H2/t20-;/m0./s1. The second kappa shape index (κ2) is 8.11. The van der Waals surface area contributed by atoms with E-state index in [4.69, 9.17) is 0 Å². The number of halogens is 1. The summed E-state index contributed by atoms with van der Waals surface area (Å²) >= 11 is 0. The van der Waals surface area contributed by atoms with E-state index in [0.717, 1.165) is 54.4 Å². The first-order valence-corrected chi connectivity index (χ1v) is 10.6. The Morgan fingerprint density at radius 3 is 2.69 bits per heavy atom. The molecule has 2 aromatic heterocycles. The average molecular weight is 449 g/mol. The number of benzene rings is 2. The van der Waals surface area contributed by atoms with Gasteiger partial charge in [-0.05, 0) is 61.0 Å². The second-order valence-corrected chi connectivity index (χ2v) is 8.28.